The van der Waals surface area contributed by atoms with E-state index < -0.39 is 11.7 Å². The van der Waals surface area contributed by atoms with E-state index in [0.29, 0.717) is 5.56 Å². The molecule has 4 rings (SSSR count). The van der Waals surface area contributed by atoms with Crippen molar-refractivity contribution in [1.82, 2.24) is 10.2 Å². The average Bonchev–Trinajstić information content (AvgIpc) is 2.80. The molecular weight excluding hydrogens is 441 g/mol. The second-order valence-electron chi connectivity index (χ2n) is 9.64. The van der Waals surface area contributed by atoms with Gasteiger partial charge in [0.25, 0.3) is 0 Å². The first-order valence-electron chi connectivity index (χ1n) is 12.1. The number of aryl methyl sites for hydroxylation is 1. The number of hydrogen-bond donors (Lipinski definition) is 1. The fourth-order valence-corrected chi connectivity index (χ4v) is 5.14. The molecule has 2 aromatic carbocycles. The van der Waals surface area contributed by atoms with E-state index in [9.17, 15) is 18.0 Å². The van der Waals surface area contributed by atoms with E-state index in [-0.39, 0.29) is 30.1 Å². The molecule has 4 nitrogen and oxygen atoms in total. The van der Waals surface area contributed by atoms with E-state index >= 15 is 0 Å². The highest BCUT2D eigenvalue weighted by molar-refractivity contribution is 5.79. The van der Waals surface area contributed by atoms with Crippen LogP contribution in [-0.4, -0.2) is 30.9 Å². The minimum absolute atomic E-state index is 0.0207. The van der Waals surface area contributed by atoms with Crippen LogP contribution in [0.1, 0.15) is 65.8 Å². The van der Waals surface area contributed by atoms with Gasteiger partial charge in [-0.15, -0.1) is 0 Å². The molecule has 2 aliphatic rings. The maximum Gasteiger partial charge on any atom is 0.416 e. The predicted molar refractivity (Wildman–Crippen MR) is 126 cm³/mol. The second kappa shape index (κ2) is 10.4. The summed E-state index contributed by atoms with van der Waals surface area (Å²) in [5.41, 5.74) is 3.04. The third kappa shape index (κ3) is 5.74. The van der Waals surface area contributed by atoms with Gasteiger partial charge in [0.1, 0.15) is 12.4 Å². The van der Waals surface area contributed by atoms with Gasteiger partial charge >= 0.3 is 6.18 Å². The monoisotopic (exact) mass is 474 g/mol. The molecule has 1 saturated carbocycles. The lowest BCUT2D eigenvalue weighted by molar-refractivity contribution is -0.138. The molecule has 0 spiro atoms. The molecule has 0 unspecified atom stereocenters. The molecule has 0 aromatic heterocycles. The van der Waals surface area contributed by atoms with Crippen molar-refractivity contribution in [2.75, 3.05) is 20.1 Å². The van der Waals surface area contributed by atoms with E-state index in [2.05, 4.69) is 10.2 Å². The van der Waals surface area contributed by atoms with Crippen LogP contribution in [0.2, 0.25) is 0 Å². The highest BCUT2D eigenvalue weighted by Gasteiger charge is 2.36. The van der Waals surface area contributed by atoms with Gasteiger partial charge in [-0.25, -0.2) is 0 Å². The first kappa shape index (κ1) is 24.6. The molecule has 184 valence electrons. The SMILES string of the molecule is CNC(=O)C1CN(Cc2ccc(COc3ccc(C4CCCCC4)c(C(F)(F)F)c3)cc2C)C1. The highest BCUT2D eigenvalue weighted by Crippen LogP contribution is 2.42. The second-order valence-corrected chi connectivity index (χ2v) is 9.64. The molecule has 1 amide bonds. The van der Waals surface area contributed by atoms with Crippen molar-refractivity contribution < 1.29 is 22.7 Å². The Morgan fingerprint density at radius 1 is 1.09 bits per heavy atom. The van der Waals surface area contributed by atoms with Gasteiger partial charge in [-0.1, -0.05) is 43.5 Å². The fraction of sp³-hybridized carbons (Fsp3) is 0.519. The van der Waals surface area contributed by atoms with Gasteiger partial charge in [-0.05, 0) is 60.1 Å². The number of ether oxygens (including phenoxy) is 1. The standard InChI is InChI=1S/C27H33F3N2O2/c1-18-12-19(8-9-21(18)14-32-15-22(16-32)26(33)31-2)17-34-23-10-11-24(20-6-4-3-5-7-20)25(13-23)27(28,29)30/h8-13,20,22H,3-7,14-17H2,1-2H3,(H,31,33). The summed E-state index contributed by atoms with van der Waals surface area (Å²) in [6.45, 7) is 4.52. The first-order chi connectivity index (χ1) is 16.2. The third-order valence-electron chi connectivity index (χ3n) is 7.16. The van der Waals surface area contributed by atoms with Crippen LogP contribution >= 0.6 is 0 Å². The van der Waals surface area contributed by atoms with Crippen LogP contribution in [0.15, 0.2) is 36.4 Å². The molecule has 1 N–H and O–H groups in total. The van der Waals surface area contributed by atoms with Gasteiger partial charge in [0, 0.05) is 26.7 Å². The quantitative estimate of drug-likeness (QED) is 0.550. The van der Waals surface area contributed by atoms with E-state index in [1.165, 1.54) is 5.56 Å². The molecular formula is C27H33F3N2O2. The van der Waals surface area contributed by atoms with Gasteiger partial charge in [0.2, 0.25) is 5.91 Å². The third-order valence-corrected chi connectivity index (χ3v) is 7.16. The van der Waals surface area contributed by atoms with Crippen LogP contribution in [-0.2, 0) is 24.1 Å². The van der Waals surface area contributed by atoms with Crippen molar-refractivity contribution in [3.63, 3.8) is 0 Å². The van der Waals surface area contributed by atoms with Gasteiger partial charge in [-0.3, -0.25) is 9.69 Å². The van der Waals surface area contributed by atoms with Crippen LogP contribution in [0, 0.1) is 12.8 Å². The number of nitrogens with one attached hydrogen (secondary N) is 1. The van der Waals surface area contributed by atoms with Crippen LogP contribution in [0.5, 0.6) is 5.75 Å². The number of rotatable bonds is 7. The van der Waals surface area contributed by atoms with Crippen molar-refractivity contribution in [3.8, 4) is 5.75 Å². The molecule has 1 heterocycles. The van der Waals surface area contributed by atoms with Gasteiger partial charge < -0.3 is 10.1 Å². The molecule has 0 bridgehead atoms. The number of carbonyl (C=O) groups is 1. The minimum atomic E-state index is -4.39. The molecule has 2 fully saturated rings. The summed E-state index contributed by atoms with van der Waals surface area (Å²) in [4.78, 5) is 13.9. The Hall–Kier alpha value is -2.54. The maximum atomic E-state index is 13.8. The Bertz CT molecular complexity index is 1010. The Morgan fingerprint density at radius 2 is 1.82 bits per heavy atom. The lowest BCUT2D eigenvalue weighted by Crippen LogP contribution is -2.52. The number of likely N-dealkylation sites (tertiary alicyclic amines) is 1. The molecule has 1 aliphatic heterocycles. The molecule has 1 aliphatic carbocycles. The summed E-state index contributed by atoms with van der Waals surface area (Å²) in [5, 5.41) is 2.69. The minimum Gasteiger partial charge on any atom is -0.489 e. The molecule has 2 aromatic rings. The zero-order valence-electron chi connectivity index (χ0n) is 19.9. The smallest absolute Gasteiger partial charge is 0.416 e. The van der Waals surface area contributed by atoms with Crippen molar-refractivity contribution in [1.29, 1.82) is 0 Å². The lowest BCUT2D eigenvalue weighted by Gasteiger charge is -2.38. The normalized spacial score (nSPS) is 17.9. The summed E-state index contributed by atoms with van der Waals surface area (Å²) in [5.74, 6) is 0.368. The van der Waals surface area contributed by atoms with Gasteiger partial charge in [-0.2, -0.15) is 13.2 Å². The Labute approximate surface area is 199 Å². The first-order valence-corrected chi connectivity index (χ1v) is 12.1. The van der Waals surface area contributed by atoms with Crippen LogP contribution < -0.4 is 10.1 Å². The summed E-state index contributed by atoms with van der Waals surface area (Å²) >= 11 is 0. The summed E-state index contributed by atoms with van der Waals surface area (Å²) in [6, 6.07) is 10.5. The van der Waals surface area contributed by atoms with Gasteiger partial charge in [0.15, 0.2) is 0 Å². The van der Waals surface area contributed by atoms with Crippen molar-refractivity contribution in [2.24, 2.45) is 5.92 Å². The summed E-state index contributed by atoms with van der Waals surface area (Å²) in [6.07, 6.45) is 0.325. The van der Waals surface area contributed by atoms with Crippen LogP contribution in [0.25, 0.3) is 0 Å². The lowest BCUT2D eigenvalue weighted by atomic mass is 9.82. The molecule has 34 heavy (non-hydrogen) atoms. The molecule has 1 saturated heterocycles. The van der Waals surface area contributed by atoms with E-state index in [4.69, 9.17) is 4.74 Å². The zero-order valence-corrected chi connectivity index (χ0v) is 19.9. The molecule has 7 heteroatoms. The predicted octanol–water partition coefficient (Wildman–Crippen LogP) is 5.82. The van der Waals surface area contributed by atoms with E-state index in [1.807, 2.05) is 25.1 Å². The average molecular weight is 475 g/mol. The fourth-order valence-electron chi connectivity index (χ4n) is 5.14. The number of benzene rings is 2. The zero-order chi connectivity index (χ0) is 24.3. The summed E-state index contributed by atoms with van der Waals surface area (Å²) in [7, 11) is 1.66. The summed E-state index contributed by atoms with van der Waals surface area (Å²) < 4.78 is 47.1. The van der Waals surface area contributed by atoms with Crippen molar-refractivity contribution >= 4 is 5.91 Å². The van der Waals surface area contributed by atoms with E-state index in [0.717, 1.165) is 68.9 Å². The molecule has 0 radical (unpaired) electrons. The number of alkyl halides is 3. The number of carbonyl (C=O) groups excluding carboxylic acids is 1. The Morgan fingerprint density at radius 3 is 2.47 bits per heavy atom. The Balaban J connectivity index is 1.38. The highest BCUT2D eigenvalue weighted by atomic mass is 19.4. The maximum absolute atomic E-state index is 13.8. The number of halogens is 3. The van der Waals surface area contributed by atoms with Gasteiger partial charge in [0.05, 0.1) is 11.5 Å². The van der Waals surface area contributed by atoms with Crippen LogP contribution in [0.3, 0.4) is 0 Å². The number of nitrogens with zero attached hydrogens (tertiary/aromatic N) is 1. The Kier molecular flexibility index (Phi) is 7.51. The topological polar surface area (TPSA) is 41.6 Å². The van der Waals surface area contributed by atoms with Crippen molar-refractivity contribution in [2.45, 2.75) is 64.3 Å². The molecule has 0 atom stereocenters. The number of amides is 1. The van der Waals surface area contributed by atoms with Crippen LogP contribution in [0.4, 0.5) is 13.2 Å². The largest absolute Gasteiger partial charge is 0.489 e. The number of hydrogen-bond acceptors (Lipinski definition) is 3. The van der Waals surface area contributed by atoms with Crippen molar-refractivity contribution in [3.05, 3.63) is 64.2 Å². The van der Waals surface area contributed by atoms with E-state index in [1.54, 1.807) is 19.2 Å².